The maximum absolute atomic E-state index is 5.99. The number of halogens is 2. The lowest BCUT2D eigenvalue weighted by atomic mass is 10.3. The molecular weight excluding hydrogens is 261 g/mol. The van der Waals surface area contributed by atoms with Gasteiger partial charge >= 0.3 is 0 Å². The molecule has 1 aromatic heterocycles. The van der Waals surface area contributed by atoms with Crippen molar-refractivity contribution in [1.82, 2.24) is 9.55 Å². The fraction of sp³-hybridized carbons (Fsp3) is 0.364. The number of anilines is 1. The molecule has 1 unspecified atom stereocenters. The number of imidazole rings is 1. The van der Waals surface area contributed by atoms with Crippen LogP contribution < -0.4 is 5.73 Å². The van der Waals surface area contributed by atoms with Gasteiger partial charge in [0.2, 0.25) is 5.95 Å². The van der Waals surface area contributed by atoms with E-state index in [0.717, 1.165) is 11.0 Å². The van der Waals surface area contributed by atoms with Crippen molar-refractivity contribution in [3.8, 4) is 0 Å². The van der Waals surface area contributed by atoms with Crippen LogP contribution in [-0.4, -0.2) is 22.8 Å². The normalized spacial score (nSPS) is 13.2. The number of ether oxygens (including phenoxy) is 1. The van der Waals surface area contributed by atoms with Crippen LogP contribution >= 0.6 is 23.2 Å². The van der Waals surface area contributed by atoms with Crippen molar-refractivity contribution in [3.63, 3.8) is 0 Å². The fourth-order valence-electron chi connectivity index (χ4n) is 1.66. The molecule has 0 saturated carbocycles. The zero-order valence-corrected chi connectivity index (χ0v) is 11.1. The Labute approximate surface area is 109 Å². The summed E-state index contributed by atoms with van der Waals surface area (Å²) in [6.07, 6.45) is 0.0455. The van der Waals surface area contributed by atoms with Gasteiger partial charge < -0.3 is 15.0 Å². The van der Waals surface area contributed by atoms with E-state index in [1.807, 2.05) is 11.5 Å². The first-order valence-electron chi connectivity index (χ1n) is 5.16. The van der Waals surface area contributed by atoms with Crippen LogP contribution in [0.15, 0.2) is 12.1 Å². The molecule has 0 aliphatic rings. The molecule has 2 aromatic rings. The van der Waals surface area contributed by atoms with Crippen LogP contribution in [0.3, 0.4) is 0 Å². The lowest BCUT2D eigenvalue weighted by Gasteiger charge is -2.12. The second-order valence-electron chi connectivity index (χ2n) is 3.88. The smallest absolute Gasteiger partial charge is 0.201 e. The van der Waals surface area contributed by atoms with E-state index in [-0.39, 0.29) is 6.10 Å². The number of nitrogen functional groups attached to an aromatic ring is 1. The standard InChI is InChI=1S/C11H13Cl2N3O/c1-6(17-2)5-16-10-4-8(13)7(12)3-9(10)15-11(16)14/h3-4,6H,5H2,1-2H3,(H2,14,15). The lowest BCUT2D eigenvalue weighted by molar-refractivity contribution is 0.105. The first-order chi connectivity index (χ1) is 8.02. The van der Waals surface area contributed by atoms with Crippen molar-refractivity contribution in [2.24, 2.45) is 0 Å². The number of methoxy groups -OCH3 is 1. The fourth-order valence-corrected chi connectivity index (χ4v) is 1.98. The molecule has 2 N–H and O–H groups in total. The van der Waals surface area contributed by atoms with Crippen LogP contribution in [-0.2, 0) is 11.3 Å². The third kappa shape index (κ3) is 2.34. The predicted octanol–water partition coefficient (Wildman–Crippen LogP) is 2.96. The monoisotopic (exact) mass is 273 g/mol. The van der Waals surface area contributed by atoms with Crippen LogP contribution in [0.2, 0.25) is 10.0 Å². The number of aromatic nitrogens is 2. The van der Waals surface area contributed by atoms with Gasteiger partial charge in [-0.05, 0) is 19.1 Å². The van der Waals surface area contributed by atoms with E-state index in [4.69, 9.17) is 33.7 Å². The summed E-state index contributed by atoms with van der Waals surface area (Å²) in [6.45, 7) is 2.58. The second-order valence-corrected chi connectivity index (χ2v) is 4.70. The highest BCUT2D eigenvalue weighted by atomic mass is 35.5. The third-order valence-corrected chi connectivity index (χ3v) is 3.38. The molecule has 17 heavy (non-hydrogen) atoms. The molecule has 1 atom stereocenters. The van der Waals surface area contributed by atoms with Crippen LogP contribution in [0.5, 0.6) is 0 Å². The molecule has 6 heteroatoms. The number of hydrogen-bond donors (Lipinski definition) is 1. The SMILES string of the molecule is COC(C)Cn1c(N)nc2cc(Cl)c(Cl)cc21. The highest BCUT2D eigenvalue weighted by Gasteiger charge is 2.13. The van der Waals surface area contributed by atoms with Gasteiger partial charge in [0.1, 0.15) is 0 Å². The van der Waals surface area contributed by atoms with Gasteiger partial charge in [0, 0.05) is 7.11 Å². The summed E-state index contributed by atoms with van der Waals surface area (Å²) < 4.78 is 7.08. The van der Waals surface area contributed by atoms with Crippen molar-refractivity contribution in [3.05, 3.63) is 22.2 Å². The van der Waals surface area contributed by atoms with E-state index in [0.29, 0.717) is 22.5 Å². The van der Waals surface area contributed by atoms with E-state index < -0.39 is 0 Å². The number of nitrogens with zero attached hydrogens (tertiary/aromatic N) is 2. The Bertz CT molecular complexity index is 553. The maximum atomic E-state index is 5.99. The average Bonchev–Trinajstić information content (AvgIpc) is 2.56. The minimum absolute atomic E-state index is 0.0455. The first kappa shape index (κ1) is 12.5. The summed E-state index contributed by atoms with van der Waals surface area (Å²) >= 11 is 11.9. The van der Waals surface area contributed by atoms with E-state index >= 15 is 0 Å². The Hall–Kier alpha value is -0.970. The van der Waals surface area contributed by atoms with Crippen molar-refractivity contribution >= 4 is 40.2 Å². The van der Waals surface area contributed by atoms with Crippen LogP contribution in [0.4, 0.5) is 5.95 Å². The second kappa shape index (κ2) is 4.72. The number of fused-ring (bicyclic) bond motifs is 1. The topological polar surface area (TPSA) is 53.1 Å². The lowest BCUT2D eigenvalue weighted by Crippen LogP contribution is -2.16. The van der Waals surface area contributed by atoms with E-state index in [1.54, 1.807) is 19.2 Å². The minimum atomic E-state index is 0.0455. The largest absolute Gasteiger partial charge is 0.380 e. The van der Waals surface area contributed by atoms with Crippen LogP contribution in [0.25, 0.3) is 11.0 Å². The molecule has 1 heterocycles. The van der Waals surface area contributed by atoms with Gasteiger partial charge in [-0.1, -0.05) is 23.2 Å². The molecule has 0 amide bonds. The maximum Gasteiger partial charge on any atom is 0.201 e. The number of rotatable bonds is 3. The Kier molecular flexibility index (Phi) is 3.47. The van der Waals surface area contributed by atoms with Gasteiger partial charge in [0.25, 0.3) is 0 Å². The van der Waals surface area contributed by atoms with E-state index in [1.165, 1.54) is 0 Å². The molecule has 0 fully saturated rings. The molecule has 0 aliphatic heterocycles. The van der Waals surface area contributed by atoms with E-state index in [2.05, 4.69) is 4.98 Å². The molecule has 0 bridgehead atoms. The molecular formula is C11H13Cl2N3O. The van der Waals surface area contributed by atoms with Crippen LogP contribution in [0.1, 0.15) is 6.92 Å². The van der Waals surface area contributed by atoms with Gasteiger partial charge in [0.15, 0.2) is 0 Å². The number of hydrogen-bond acceptors (Lipinski definition) is 3. The molecule has 0 saturated heterocycles. The van der Waals surface area contributed by atoms with Crippen molar-refractivity contribution in [2.45, 2.75) is 19.6 Å². The molecule has 0 radical (unpaired) electrons. The Morgan fingerprint density at radius 3 is 2.71 bits per heavy atom. The van der Waals surface area contributed by atoms with Crippen molar-refractivity contribution in [2.75, 3.05) is 12.8 Å². The summed E-state index contributed by atoms with van der Waals surface area (Å²) in [5.41, 5.74) is 7.46. The van der Waals surface area contributed by atoms with Crippen molar-refractivity contribution < 1.29 is 4.74 Å². The van der Waals surface area contributed by atoms with Gasteiger partial charge in [-0.2, -0.15) is 0 Å². The highest BCUT2D eigenvalue weighted by molar-refractivity contribution is 6.42. The summed E-state index contributed by atoms with van der Waals surface area (Å²) in [7, 11) is 1.66. The van der Waals surface area contributed by atoms with Gasteiger partial charge in [-0.3, -0.25) is 0 Å². The quantitative estimate of drug-likeness (QED) is 0.936. The van der Waals surface area contributed by atoms with Gasteiger partial charge in [-0.15, -0.1) is 0 Å². The Balaban J connectivity index is 2.54. The molecule has 2 rings (SSSR count). The molecule has 0 spiro atoms. The molecule has 4 nitrogen and oxygen atoms in total. The summed E-state index contributed by atoms with van der Waals surface area (Å²) in [6, 6.07) is 3.48. The molecule has 1 aromatic carbocycles. The zero-order valence-electron chi connectivity index (χ0n) is 9.58. The Morgan fingerprint density at radius 2 is 2.06 bits per heavy atom. The molecule has 0 aliphatic carbocycles. The minimum Gasteiger partial charge on any atom is -0.380 e. The Morgan fingerprint density at radius 1 is 1.41 bits per heavy atom. The first-order valence-corrected chi connectivity index (χ1v) is 5.92. The van der Waals surface area contributed by atoms with Gasteiger partial charge in [0.05, 0.1) is 33.7 Å². The zero-order chi connectivity index (χ0) is 12.6. The van der Waals surface area contributed by atoms with Gasteiger partial charge in [-0.25, -0.2) is 4.98 Å². The summed E-state index contributed by atoms with van der Waals surface area (Å²) in [5, 5.41) is 0.967. The third-order valence-electron chi connectivity index (χ3n) is 2.66. The van der Waals surface area contributed by atoms with Crippen LogP contribution in [0, 0.1) is 0 Å². The molecule has 92 valence electrons. The summed E-state index contributed by atoms with van der Waals surface area (Å²) in [5.74, 6) is 0.433. The predicted molar refractivity (Wildman–Crippen MR) is 70.6 cm³/mol. The van der Waals surface area contributed by atoms with Crippen molar-refractivity contribution in [1.29, 1.82) is 0 Å². The summed E-state index contributed by atoms with van der Waals surface area (Å²) in [4.78, 5) is 4.24. The average molecular weight is 274 g/mol. The highest BCUT2D eigenvalue weighted by Crippen LogP contribution is 2.29. The van der Waals surface area contributed by atoms with E-state index in [9.17, 15) is 0 Å². The number of nitrogens with two attached hydrogens (primary N) is 1. The number of benzene rings is 1.